The van der Waals surface area contributed by atoms with Gasteiger partial charge in [-0.3, -0.25) is 9.69 Å². The monoisotopic (exact) mass is 287 g/mol. The van der Waals surface area contributed by atoms with Gasteiger partial charge in [0.15, 0.2) is 0 Å². The molecule has 0 atom stereocenters. The molecule has 0 radical (unpaired) electrons. The molecule has 21 heavy (non-hydrogen) atoms. The summed E-state index contributed by atoms with van der Waals surface area (Å²) in [6, 6.07) is 0. The Morgan fingerprint density at radius 1 is 1.38 bits per heavy atom. The fourth-order valence-corrected chi connectivity index (χ4v) is 2.38. The van der Waals surface area contributed by atoms with Gasteiger partial charge in [0, 0.05) is 37.7 Å². The molecule has 0 unspecified atom stereocenters. The topological polar surface area (TPSA) is 84.0 Å². The van der Waals surface area contributed by atoms with Gasteiger partial charge in [-0.15, -0.1) is 0 Å². The highest BCUT2D eigenvalue weighted by molar-refractivity contribution is 5.52. The second-order valence-electron chi connectivity index (χ2n) is 4.89. The SMILES string of the molecule is CCOCN1CCc2c(nc(-c3cncnc3)[nH]c2=O)C1. The van der Waals surface area contributed by atoms with Crippen molar-refractivity contribution in [2.24, 2.45) is 0 Å². The molecule has 0 amide bonds. The zero-order chi connectivity index (χ0) is 14.7. The van der Waals surface area contributed by atoms with E-state index in [2.05, 4.69) is 24.8 Å². The van der Waals surface area contributed by atoms with Crippen molar-refractivity contribution in [1.29, 1.82) is 0 Å². The molecule has 7 heteroatoms. The van der Waals surface area contributed by atoms with Gasteiger partial charge in [0.2, 0.25) is 0 Å². The highest BCUT2D eigenvalue weighted by Gasteiger charge is 2.21. The van der Waals surface area contributed by atoms with Gasteiger partial charge in [-0.25, -0.2) is 15.0 Å². The van der Waals surface area contributed by atoms with E-state index in [9.17, 15) is 4.79 Å². The third-order valence-corrected chi connectivity index (χ3v) is 3.46. The van der Waals surface area contributed by atoms with Crippen LogP contribution in [0.5, 0.6) is 0 Å². The van der Waals surface area contributed by atoms with Crippen LogP contribution in [0.3, 0.4) is 0 Å². The second-order valence-corrected chi connectivity index (χ2v) is 4.89. The van der Waals surface area contributed by atoms with E-state index in [-0.39, 0.29) is 5.56 Å². The lowest BCUT2D eigenvalue weighted by atomic mass is 10.1. The molecule has 7 nitrogen and oxygen atoms in total. The summed E-state index contributed by atoms with van der Waals surface area (Å²) in [5.74, 6) is 0.512. The van der Waals surface area contributed by atoms with Crippen molar-refractivity contribution < 1.29 is 4.74 Å². The molecule has 0 bridgehead atoms. The molecule has 0 saturated carbocycles. The molecule has 0 aromatic carbocycles. The first-order valence-electron chi connectivity index (χ1n) is 6.95. The molecule has 2 aromatic rings. The number of fused-ring (bicyclic) bond motifs is 1. The zero-order valence-electron chi connectivity index (χ0n) is 11.9. The first kappa shape index (κ1) is 13.8. The number of aromatic amines is 1. The average molecular weight is 287 g/mol. The summed E-state index contributed by atoms with van der Waals surface area (Å²) < 4.78 is 5.43. The molecular formula is C14H17N5O2. The number of hydrogen-bond donors (Lipinski definition) is 1. The van der Waals surface area contributed by atoms with Crippen LogP contribution >= 0.6 is 0 Å². The minimum absolute atomic E-state index is 0.0742. The maximum atomic E-state index is 12.2. The largest absolute Gasteiger partial charge is 0.366 e. The van der Waals surface area contributed by atoms with Gasteiger partial charge >= 0.3 is 0 Å². The van der Waals surface area contributed by atoms with Crippen LogP contribution in [0.25, 0.3) is 11.4 Å². The van der Waals surface area contributed by atoms with E-state index in [4.69, 9.17) is 4.74 Å². The molecule has 3 rings (SSSR count). The summed E-state index contributed by atoms with van der Waals surface area (Å²) in [5, 5.41) is 0. The Kier molecular flexibility index (Phi) is 4.03. The number of ether oxygens (including phenoxy) is 1. The van der Waals surface area contributed by atoms with Gasteiger partial charge < -0.3 is 9.72 Å². The quantitative estimate of drug-likeness (QED) is 0.885. The molecule has 0 spiro atoms. The van der Waals surface area contributed by atoms with Gasteiger partial charge in [-0.05, 0) is 13.3 Å². The molecule has 110 valence electrons. The zero-order valence-corrected chi connectivity index (χ0v) is 11.9. The van der Waals surface area contributed by atoms with Crippen molar-refractivity contribution in [3.05, 3.63) is 40.3 Å². The normalized spacial score (nSPS) is 14.9. The van der Waals surface area contributed by atoms with Crippen molar-refractivity contribution in [3.63, 3.8) is 0 Å². The van der Waals surface area contributed by atoms with Crippen LogP contribution in [0, 0.1) is 0 Å². The van der Waals surface area contributed by atoms with Crippen LogP contribution in [0.1, 0.15) is 18.2 Å². The number of nitrogens with zero attached hydrogens (tertiary/aromatic N) is 4. The lowest BCUT2D eigenvalue weighted by Gasteiger charge is -2.27. The minimum atomic E-state index is -0.0742. The van der Waals surface area contributed by atoms with Crippen molar-refractivity contribution in [2.45, 2.75) is 19.9 Å². The molecule has 1 N–H and O–H groups in total. The predicted octanol–water partition coefficient (Wildman–Crippen LogP) is 0.579. The van der Waals surface area contributed by atoms with Crippen molar-refractivity contribution in [2.75, 3.05) is 19.9 Å². The van der Waals surface area contributed by atoms with Crippen LogP contribution < -0.4 is 5.56 Å². The molecular weight excluding hydrogens is 270 g/mol. The van der Waals surface area contributed by atoms with Crippen LogP contribution in [0.4, 0.5) is 0 Å². The number of H-pyrrole nitrogens is 1. The van der Waals surface area contributed by atoms with Gasteiger partial charge in [0.1, 0.15) is 12.2 Å². The highest BCUT2D eigenvalue weighted by atomic mass is 16.5. The Morgan fingerprint density at radius 2 is 2.19 bits per heavy atom. The number of aromatic nitrogens is 4. The second kappa shape index (κ2) is 6.11. The number of rotatable bonds is 4. The van der Waals surface area contributed by atoms with Crippen molar-refractivity contribution in [3.8, 4) is 11.4 Å². The third kappa shape index (κ3) is 2.98. The van der Waals surface area contributed by atoms with Gasteiger partial charge in [-0.2, -0.15) is 0 Å². The van der Waals surface area contributed by atoms with Crippen molar-refractivity contribution in [1.82, 2.24) is 24.8 Å². The molecule has 0 fully saturated rings. The molecule has 0 saturated heterocycles. The highest BCUT2D eigenvalue weighted by Crippen LogP contribution is 2.17. The van der Waals surface area contributed by atoms with Crippen LogP contribution in [0.15, 0.2) is 23.5 Å². The van der Waals surface area contributed by atoms with Crippen LogP contribution in [0.2, 0.25) is 0 Å². The Balaban J connectivity index is 1.91. The molecule has 3 heterocycles. The Labute approximate surface area is 122 Å². The predicted molar refractivity (Wildman–Crippen MR) is 76.5 cm³/mol. The molecule has 2 aromatic heterocycles. The van der Waals surface area contributed by atoms with Crippen LogP contribution in [-0.4, -0.2) is 44.7 Å². The first-order chi connectivity index (χ1) is 10.3. The Hall–Kier alpha value is -2.12. The standard InChI is InChI=1S/C14H17N5O2/c1-2-21-9-19-4-3-11-12(7-19)17-13(18-14(11)20)10-5-15-8-16-6-10/h5-6,8H,2-4,7,9H2,1H3,(H,17,18,20). The summed E-state index contributed by atoms with van der Waals surface area (Å²) in [4.78, 5) is 29.6. The van der Waals surface area contributed by atoms with E-state index < -0.39 is 0 Å². The van der Waals surface area contributed by atoms with E-state index >= 15 is 0 Å². The lowest BCUT2D eigenvalue weighted by molar-refractivity contribution is 0.0269. The fraction of sp³-hybridized carbons (Fsp3) is 0.429. The van der Waals surface area contributed by atoms with E-state index in [0.717, 1.165) is 17.8 Å². The van der Waals surface area contributed by atoms with Gasteiger partial charge in [-0.1, -0.05) is 0 Å². The van der Waals surface area contributed by atoms with Crippen molar-refractivity contribution >= 4 is 0 Å². The summed E-state index contributed by atoms with van der Waals surface area (Å²) in [6.07, 6.45) is 5.41. The van der Waals surface area contributed by atoms with E-state index in [1.165, 1.54) is 6.33 Å². The summed E-state index contributed by atoms with van der Waals surface area (Å²) in [6.45, 7) is 4.65. The maximum Gasteiger partial charge on any atom is 0.254 e. The smallest absolute Gasteiger partial charge is 0.254 e. The molecule has 1 aliphatic rings. The fourth-order valence-electron chi connectivity index (χ4n) is 2.38. The van der Waals surface area contributed by atoms with E-state index in [0.29, 0.717) is 37.7 Å². The molecule has 1 aliphatic heterocycles. The number of nitrogens with one attached hydrogen (secondary N) is 1. The lowest BCUT2D eigenvalue weighted by Crippen LogP contribution is -2.36. The number of hydrogen-bond acceptors (Lipinski definition) is 6. The summed E-state index contributed by atoms with van der Waals surface area (Å²) >= 11 is 0. The maximum absolute atomic E-state index is 12.2. The minimum Gasteiger partial charge on any atom is -0.366 e. The Bertz CT molecular complexity index is 671. The molecule has 0 aliphatic carbocycles. The summed E-state index contributed by atoms with van der Waals surface area (Å²) in [7, 11) is 0. The van der Waals surface area contributed by atoms with Crippen LogP contribution in [-0.2, 0) is 17.7 Å². The third-order valence-electron chi connectivity index (χ3n) is 3.46. The summed E-state index contributed by atoms with van der Waals surface area (Å²) in [5.41, 5.74) is 2.21. The van der Waals surface area contributed by atoms with E-state index in [1.54, 1.807) is 12.4 Å². The van der Waals surface area contributed by atoms with E-state index in [1.807, 2.05) is 6.92 Å². The average Bonchev–Trinajstić information content (AvgIpc) is 2.53. The Morgan fingerprint density at radius 3 is 2.95 bits per heavy atom. The van der Waals surface area contributed by atoms with Gasteiger partial charge in [0.05, 0.1) is 18.0 Å². The van der Waals surface area contributed by atoms with Gasteiger partial charge in [0.25, 0.3) is 5.56 Å². The first-order valence-corrected chi connectivity index (χ1v) is 6.95.